The van der Waals surface area contributed by atoms with Gasteiger partial charge in [0.05, 0.1) is 8.80 Å². The lowest BCUT2D eigenvalue weighted by molar-refractivity contribution is -0.275. The maximum absolute atomic E-state index is 13.9. The molecule has 27 heavy (non-hydrogen) atoms. The molecule has 0 saturated carbocycles. The summed E-state index contributed by atoms with van der Waals surface area (Å²) in [5.41, 5.74) is 4.95. The minimum absolute atomic E-state index is 0.325. The van der Waals surface area contributed by atoms with Gasteiger partial charge in [0.15, 0.2) is 11.6 Å². The first-order chi connectivity index (χ1) is 12.9. The van der Waals surface area contributed by atoms with Crippen LogP contribution in [0.15, 0.2) is 54.2 Å². The van der Waals surface area contributed by atoms with Crippen LogP contribution in [-0.2, 0) is 0 Å². The Kier molecular flexibility index (Phi) is 6.04. The molecular formula is C21H21F4OSi. The van der Waals surface area contributed by atoms with Crippen LogP contribution < -0.4 is 4.74 Å². The van der Waals surface area contributed by atoms with Gasteiger partial charge in [-0.15, -0.1) is 18.9 Å². The molecule has 0 unspecified atom stereocenters. The summed E-state index contributed by atoms with van der Waals surface area (Å²) in [6.07, 6.45) is -0.363. The quantitative estimate of drug-likeness (QED) is 0.406. The first-order valence-electron chi connectivity index (χ1n) is 8.99. The van der Waals surface area contributed by atoms with Crippen molar-refractivity contribution < 1.29 is 22.3 Å². The summed E-state index contributed by atoms with van der Waals surface area (Å²) in [6.45, 7) is 2.08. The number of ether oxygens (including phenoxy) is 1. The lowest BCUT2D eigenvalue weighted by Gasteiger charge is -2.26. The number of benzene rings is 2. The van der Waals surface area contributed by atoms with Crippen LogP contribution in [0.4, 0.5) is 17.6 Å². The molecule has 2 aromatic carbocycles. The molecule has 143 valence electrons. The molecule has 0 amide bonds. The maximum Gasteiger partial charge on any atom is 0.573 e. The van der Waals surface area contributed by atoms with Gasteiger partial charge in [0.2, 0.25) is 0 Å². The second-order valence-corrected chi connectivity index (χ2v) is 9.40. The van der Waals surface area contributed by atoms with Crippen LogP contribution in [0.3, 0.4) is 0 Å². The fraction of sp³-hybridized carbons (Fsp3) is 0.333. The van der Waals surface area contributed by atoms with Crippen molar-refractivity contribution in [1.29, 1.82) is 0 Å². The van der Waals surface area contributed by atoms with Gasteiger partial charge in [0, 0.05) is 0 Å². The number of alkyl halides is 3. The van der Waals surface area contributed by atoms with Gasteiger partial charge < -0.3 is 4.74 Å². The average molecular weight is 393 g/mol. The summed E-state index contributed by atoms with van der Waals surface area (Å²) in [5.74, 6) is -1.29. The van der Waals surface area contributed by atoms with Crippen molar-refractivity contribution in [3.8, 4) is 16.9 Å². The molecule has 0 spiro atoms. The van der Waals surface area contributed by atoms with Gasteiger partial charge in [0.1, 0.15) is 0 Å². The standard InChI is InChI=1S/C21H21F4OSi/c1-2-11-27-12-9-17(10-13-27)15-3-5-16(6-4-15)18-7-8-20(19(22)14-18)26-21(23,24)25/h2-8,11,14,17H,9-10,12-13H2,1H3/b11-2+. The van der Waals surface area contributed by atoms with Gasteiger partial charge in [-0.3, -0.25) is 0 Å². The molecule has 1 heterocycles. The average Bonchev–Trinajstić information content (AvgIpc) is 2.63. The zero-order chi connectivity index (χ0) is 19.4. The third-order valence-corrected chi connectivity index (χ3v) is 7.57. The lowest BCUT2D eigenvalue weighted by atomic mass is 9.92. The number of halogens is 4. The molecule has 0 atom stereocenters. The first-order valence-corrected chi connectivity index (χ1v) is 11.0. The van der Waals surface area contributed by atoms with Crippen LogP contribution in [0.2, 0.25) is 12.1 Å². The Bertz CT molecular complexity index is 791. The van der Waals surface area contributed by atoms with Crippen LogP contribution in [0.1, 0.15) is 31.2 Å². The van der Waals surface area contributed by atoms with E-state index in [2.05, 4.69) is 23.4 Å². The monoisotopic (exact) mass is 393 g/mol. The Morgan fingerprint density at radius 2 is 1.63 bits per heavy atom. The van der Waals surface area contributed by atoms with E-state index in [1.807, 2.05) is 24.3 Å². The SMILES string of the molecule is C/C=C/[Si]1CCC(c2ccc(-c3ccc(OC(F)(F)F)c(F)c3)cc2)CC1. The van der Waals surface area contributed by atoms with Crippen molar-refractivity contribution in [3.05, 3.63) is 65.6 Å². The molecule has 1 radical (unpaired) electrons. The normalized spacial score (nSPS) is 16.8. The largest absolute Gasteiger partial charge is 0.573 e. The summed E-state index contributed by atoms with van der Waals surface area (Å²) in [5, 5.41) is 0. The van der Waals surface area contributed by atoms with Gasteiger partial charge in [0.25, 0.3) is 0 Å². The summed E-state index contributed by atoms with van der Waals surface area (Å²) in [4.78, 5) is 0. The third-order valence-electron chi connectivity index (χ3n) is 4.90. The molecule has 1 saturated heterocycles. The summed E-state index contributed by atoms with van der Waals surface area (Å²) >= 11 is 0. The number of hydrogen-bond acceptors (Lipinski definition) is 1. The predicted molar refractivity (Wildman–Crippen MR) is 101 cm³/mol. The predicted octanol–water partition coefficient (Wildman–Crippen LogP) is 6.88. The number of allylic oxidation sites excluding steroid dienone is 1. The van der Waals surface area contributed by atoms with Crippen molar-refractivity contribution in [3.63, 3.8) is 0 Å². The Morgan fingerprint density at radius 1 is 1.00 bits per heavy atom. The van der Waals surface area contributed by atoms with Gasteiger partial charge >= 0.3 is 6.36 Å². The second kappa shape index (κ2) is 8.29. The molecular weight excluding hydrogens is 372 g/mol. The van der Waals surface area contributed by atoms with Crippen LogP contribution in [0.25, 0.3) is 11.1 Å². The van der Waals surface area contributed by atoms with E-state index in [9.17, 15) is 17.6 Å². The Morgan fingerprint density at radius 3 is 2.19 bits per heavy atom. The Balaban J connectivity index is 1.70. The van der Waals surface area contributed by atoms with E-state index in [0.717, 1.165) is 17.7 Å². The molecule has 6 heteroatoms. The highest BCUT2D eigenvalue weighted by atomic mass is 28.3. The molecule has 0 aromatic heterocycles. The highest BCUT2D eigenvalue weighted by Gasteiger charge is 2.32. The second-order valence-electron chi connectivity index (χ2n) is 6.75. The summed E-state index contributed by atoms with van der Waals surface area (Å²) in [7, 11) is -0.325. The Hall–Kier alpha value is -2.08. The summed E-state index contributed by atoms with van der Waals surface area (Å²) in [6, 6.07) is 14.0. The molecule has 2 aromatic rings. The molecule has 0 bridgehead atoms. The van der Waals surface area contributed by atoms with Gasteiger partial charge in [-0.25, -0.2) is 4.39 Å². The van der Waals surface area contributed by atoms with E-state index in [-0.39, 0.29) is 8.80 Å². The van der Waals surface area contributed by atoms with Gasteiger partial charge in [-0.1, -0.05) is 48.5 Å². The maximum atomic E-state index is 13.9. The molecule has 1 aliphatic heterocycles. The first kappa shape index (κ1) is 19.7. The van der Waals surface area contributed by atoms with E-state index < -0.39 is 17.9 Å². The lowest BCUT2D eigenvalue weighted by Crippen LogP contribution is -2.18. The van der Waals surface area contributed by atoms with Crippen LogP contribution in [-0.4, -0.2) is 15.2 Å². The fourth-order valence-corrected chi connectivity index (χ4v) is 6.05. The van der Waals surface area contributed by atoms with Crippen molar-refractivity contribution in [2.45, 2.75) is 44.1 Å². The molecule has 0 N–H and O–H groups in total. The highest BCUT2D eigenvalue weighted by Crippen LogP contribution is 2.35. The Labute approximate surface area is 158 Å². The van der Waals surface area contributed by atoms with Crippen molar-refractivity contribution >= 4 is 8.80 Å². The summed E-state index contributed by atoms with van der Waals surface area (Å²) < 4.78 is 54.3. The zero-order valence-corrected chi connectivity index (χ0v) is 16.0. The molecule has 1 aliphatic rings. The zero-order valence-electron chi connectivity index (χ0n) is 15.0. The minimum Gasteiger partial charge on any atom is -0.403 e. The molecule has 1 nitrogen and oxygen atoms in total. The van der Waals surface area contributed by atoms with E-state index in [1.165, 1.54) is 36.6 Å². The van der Waals surface area contributed by atoms with Crippen LogP contribution in [0.5, 0.6) is 5.75 Å². The van der Waals surface area contributed by atoms with E-state index in [4.69, 9.17) is 0 Å². The van der Waals surface area contributed by atoms with E-state index in [1.54, 1.807) is 0 Å². The van der Waals surface area contributed by atoms with Crippen molar-refractivity contribution in [2.75, 3.05) is 0 Å². The van der Waals surface area contributed by atoms with Crippen molar-refractivity contribution in [2.24, 2.45) is 0 Å². The van der Waals surface area contributed by atoms with Gasteiger partial charge in [-0.2, -0.15) is 0 Å². The number of rotatable bonds is 4. The van der Waals surface area contributed by atoms with Gasteiger partial charge in [-0.05, 0) is 54.5 Å². The number of hydrogen-bond donors (Lipinski definition) is 0. The third kappa shape index (κ3) is 5.22. The minimum atomic E-state index is -4.90. The van der Waals surface area contributed by atoms with Crippen molar-refractivity contribution in [1.82, 2.24) is 0 Å². The smallest absolute Gasteiger partial charge is 0.403 e. The fourth-order valence-electron chi connectivity index (χ4n) is 3.56. The van der Waals surface area contributed by atoms with Crippen LogP contribution in [0, 0.1) is 5.82 Å². The van der Waals surface area contributed by atoms with Crippen LogP contribution >= 0.6 is 0 Å². The van der Waals surface area contributed by atoms with E-state index >= 15 is 0 Å². The molecule has 3 rings (SSSR count). The molecule has 1 fully saturated rings. The topological polar surface area (TPSA) is 9.23 Å². The highest BCUT2D eigenvalue weighted by molar-refractivity contribution is 6.64. The molecule has 0 aliphatic carbocycles. The van der Waals surface area contributed by atoms with E-state index in [0.29, 0.717) is 11.5 Å².